The zero-order valence-corrected chi connectivity index (χ0v) is 23.6. The number of pyridine rings is 1. The van der Waals surface area contributed by atoms with Crippen LogP contribution in [-0.4, -0.2) is 19.6 Å². The fraction of sp³-hybridized carbons (Fsp3) is 0.167. The minimum Gasteiger partial charge on any atom is -0.507 e. The largest absolute Gasteiger partial charge is 0.507 e. The Morgan fingerprint density at radius 2 is 1.43 bits per heavy atom. The van der Waals surface area contributed by atoms with Gasteiger partial charge >= 0.3 is 0 Å². The van der Waals surface area contributed by atoms with E-state index in [9.17, 15) is 5.11 Å². The van der Waals surface area contributed by atoms with Crippen molar-refractivity contribution < 1.29 is 5.11 Å². The summed E-state index contributed by atoms with van der Waals surface area (Å²) in [7, 11) is 0. The topological polar surface area (TPSA) is 50.9 Å². The first-order valence-electron chi connectivity index (χ1n) is 13.6. The molecule has 40 heavy (non-hydrogen) atoms. The zero-order valence-electron chi connectivity index (χ0n) is 23.6. The lowest BCUT2D eigenvalue weighted by molar-refractivity contribution is 0.477. The number of imidazole rings is 1. The molecule has 0 amide bonds. The van der Waals surface area contributed by atoms with Crippen LogP contribution >= 0.6 is 0 Å². The van der Waals surface area contributed by atoms with Crippen molar-refractivity contribution in [3.8, 4) is 45.2 Å². The van der Waals surface area contributed by atoms with E-state index >= 15 is 0 Å². The van der Waals surface area contributed by atoms with Crippen molar-refractivity contribution in [3.05, 3.63) is 120 Å². The van der Waals surface area contributed by atoms with Crippen molar-refractivity contribution in [2.24, 2.45) is 0 Å². The van der Waals surface area contributed by atoms with Gasteiger partial charge in [0.05, 0.1) is 22.3 Å². The molecule has 2 heterocycles. The zero-order chi connectivity index (χ0) is 28.0. The molecule has 0 aliphatic carbocycles. The van der Waals surface area contributed by atoms with Crippen LogP contribution in [0, 0.1) is 13.8 Å². The summed E-state index contributed by atoms with van der Waals surface area (Å²) in [4.78, 5) is 9.85. The third-order valence-electron chi connectivity index (χ3n) is 7.37. The van der Waals surface area contributed by atoms with Crippen LogP contribution in [0.2, 0.25) is 0 Å². The molecule has 4 heteroatoms. The van der Waals surface area contributed by atoms with Gasteiger partial charge in [0.15, 0.2) is 0 Å². The SMILES string of the molecule is Cc1cc(C)cc(-n2c(-c3ccccc3O)nc3c(-c4cccc(-c5ccccn5)c4)cc(C(C)(C)C)cc32)c1. The van der Waals surface area contributed by atoms with E-state index in [2.05, 4.69) is 98.8 Å². The van der Waals surface area contributed by atoms with Gasteiger partial charge in [-0.15, -0.1) is 0 Å². The summed E-state index contributed by atoms with van der Waals surface area (Å²) in [5.41, 5.74) is 11.2. The Kier molecular flexibility index (Phi) is 6.26. The van der Waals surface area contributed by atoms with Gasteiger partial charge in [-0.25, -0.2) is 4.98 Å². The van der Waals surface area contributed by atoms with E-state index in [1.54, 1.807) is 6.07 Å². The van der Waals surface area contributed by atoms with Crippen molar-refractivity contribution in [1.82, 2.24) is 14.5 Å². The Hall–Kier alpha value is -4.70. The number of benzene rings is 4. The molecule has 0 saturated carbocycles. The number of hydrogen-bond acceptors (Lipinski definition) is 3. The average molecular weight is 524 g/mol. The van der Waals surface area contributed by atoms with E-state index < -0.39 is 0 Å². The van der Waals surface area contributed by atoms with Gasteiger partial charge < -0.3 is 5.11 Å². The number of aromatic nitrogens is 3. The normalized spacial score (nSPS) is 11.7. The molecule has 6 rings (SSSR count). The lowest BCUT2D eigenvalue weighted by atomic mass is 9.84. The Morgan fingerprint density at radius 1 is 0.700 bits per heavy atom. The van der Waals surface area contributed by atoms with Crippen molar-refractivity contribution in [2.75, 3.05) is 0 Å². The van der Waals surface area contributed by atoms with Gasteiger partial charge in [0, 0.05) is 23.0 Å². The van der Waals surface area contributed by atoms with Gasteiger partial charge in [0.1, 0.15) is 11.6 Å². The van der Waals surface area contributed by atoms with Gasteiger partial charge in [-0.05, 0) is 96.1 Å². The summed E-state index contributed by atoms with van der Waals surface area (Å²) in [6, 6.07) is 33.0. The maximum atomic E-state index is 10.9. The van der Waals surface area contributed by atoms with Crippen molar-refractivity contribution in [3.63, 3.8) is 0 Å². The van der Waals surface area contributed by atoms with Crippen LogP contribution < -0.4 is 0 Å². The first kappa shape index (κ1) is 25.6. The van der Waals surface area contributed by atoms with E-state index in [0.29, 0.717) is 11.4 Å². The van der Waals surface area contributed by atoms with Gasteiger partial charge in [-0.1, -0.05) is 63.2 Å². The Bertz CT molecular complexity index is 1840. The number of phenols is 1. The number of phenolic OH excluding ortho intramolecular Hbond substituents is 1. The quantitative estimate of drug-likeness (QED) is 0.251. The molecule has 0 bridgehead atoms. The fourth-order valence-corrected chi connectivity index (χ4v) is 5.39. The molecule has 4 aromatic carbocycles. The molecule has 0 fully saturated rings. The molecule has 1 N–H and O–H groups in total. The number of fused-ring (bicyclic) bond motifs is 1. The summed E-state index contributed by atoms with van der Waals surface area (Å²) in [6.07, 6.45) is 1.82. The second-order valence-electron chi connectivity index (χ2n) is 11.6. The molecule has 2 aromatic heterocycles. The minimum atomic E-state index is -0.0891. The standard InChI is InChI=1S/C36H33N3O/c1-23-17-24(2)19-28(18-23)39-32-22-27(36(3,4)5)21-30(34(32)38-35(39)29-13-6-7-15-33(29)40)25-11-10-12-26(20-25)31-14-8-9-16-37-31/h6-22,40H,1-5H3. The Morgan fingerprint density at radius 3 is 2.12 bits per heavy atom. The average Bonchev–Trinajstić information content (AvgIpc) is 3.32. The fourth-order valence-electron chi connectivity index (χ4n) is 5.39. The first-order chi connectivity index (χ1) is 19.2. The Balaban J connectivity index is 1.72. The summed E-state index contributed by atoms with van der Waals surface area (Å²) in [5.74, 6) is 0.921. The third kappa shape index (κ3) is 4.66. The molecule has 0 atom stereocenters. The maximum absolute atomic E-state index is 10.9. The third-order valence-corrected chi connectivity index (χ3v) is 7.37. The molecule has 4 nitrogen and oxygen atoms in total. The predicted octanol–water partition coefficient (Wildman–Crippen LogP) is 9.04. The lowest BCUT2D eigenvalue weighted by Crippen LogP contribution is -2.11. The monoisotopic (exact) mass is 523 g/mol. The molecule has 0 radical (unpaired) electrons. The van der Waals surface area contributed by atoms with Crippen LogP contribution in [0.3, 0.4) is 0 Å². The first-order valence-corrected chi connectivity index (χ1v) is 13.6. The van der Waals surface area contributed by atoms with Gasteiger partial charge in [0.25, 0.3) is 0 Å². The van der Waals surface area contributed by atoms with Crippen molar-refractivity contribution in [1.29, 1.82) is 0 Å². The van der Waals surface area contributed by atoms with E-state index in [4.69, 9.17) is 4.98 Å². The highest BCUT2D eigenvalue weighted by atomic mass is 16.3. The highest BCUT2D eigenvalue weighted by molar-refractivity contribution is 5.97. The van der Waals surface area contributed by atoms with Gasteiger partial charge in [-0.3, -0.25) is 9.55 Å². The second-order valence-corrected chi connectivity index (χ2v) is 11.6. The van der Waals surface area contributed by atoms with Gasteiger partial charge in [0.2, 0.25) is 0 Å². The molecule has 6 aromatic rings. The number of aryl methyl sites for hydroxylation is 2. The molecular weight excluding hydrogens is 490 g/mol. The van der Waals surface area contributed by atoms with Crippen LogP contribution in [0.1, 0.15) is 37.5 Å². The van der Waals surface area contributed by atoms with Crippen LogP contribution in [0.5, 0.6) is 5.75 Å². The van der Waals surface area contributed by atoms with Crippen molar-refractivity contribution >= 4 is 11.0 Å². The van der Waals surface area contributed by atoms with E-state index in [1.165, 1.54) is 16.7 Å². The minimum absolute atomic E-state index is 0.0891. The molecule has 0 aliphatic heterocycles. The number of rotatable bonds is 4. The summed E-state index contributed by atoms with van der Waals surface area (Å²) in [5, 5.41) is 10.9. The van der Waals surface area contributed by atoms with E-state index in [1.807, 2.05) is 42.6 Å². The predicted molar refractivity (Wildman–Crippen MR) is 165 cm³/mol. The molecule has 0 saturated heterocycles. The van der Waals surface area contributed by atoms with Crippen molar-refractivity contribution in [2.45, 2.75) is 40.0 Å². The highest BCUT2D eigenvalue weighted by Crippen LogP contribution is 2.40. The summed E-state index contributed by atoms with van der Waals surface area (Å²) < 4.78 is 2.20. The summed E-state index contributed by atoms with van der Waals surface area (Å²) in [6.45, 7) is 11.0. The van der Waals surface area contributed by atoms with E-state index in [-0.39, 0.29) is 11.2 Å². The van der Waals surface area contributed by atoms with Crippen LogP contribution in [0.15, 0.2) is 103 Å². The lowest BCUT2D eigenvalue weighted by Gasteiger charge is -2.21. The summed E-state index contributed by atoms with van der Waals surface area (Å²) >= 11 is 0. The number of aromatic hydroxyl groups is 1. The molecule has 0 unspecified atom stereocenters. The number of nitrogens with zero attached hydrogens (tertiary/aromatic N) is 3. The molecule has 0 aliphatic rings. The highest BCUT2D eigenvalue weighted by Gasteiger charge is 2.24. The number of para-hydroxylation sites is 1. The van der Waals surface area contributed by atoms with Crippen LogP contribution in [0.25, 0.3) is 50.5 Å². The van der Waals surface area contributed by atoms with Gasteiger partial charge in [-0.2, -0.15) is 0 Å². The van der Waals surface area contributed by atoms with Crippen LogP contribution in [0.4, 0.5) is 0 Å². The maximum Gasteiger partial charge on any atom is 0.149 e. The number of hydrogen-bond donors (Lipinski definition) is 1. The van der Waals surface area contributed by atoms with Crippen LogP contribution in [-0.2, 0) is 5.41 Å². The molecule has 0 spiro atoms. The van der Waals surface area contributed by atoms with E-state index in [0.717, 1.165) is 39.1 Å². The molecule has 198 valence electrons. The molecular formula is C36H33N3O. The smallest absolute Gasteiger partial charge is 0.149 e. The second kappa shape index (κ2) is 9.80. The Labute approximate surface area is 235 Å².